The third-order valence-corrected chi connectivity index (χ3v) is 7.64. The quantitative estimate of drug-likeness (QED) is 0.304. The van der Waals surface area contributed by atoms with E-state index in [2.05, 4.69) is 5.32 Å². The van der Waals surface area contributed by atoms with Gasteiger partial charge in [-0.25, -0.2) is 9.59 Å². The van der Waals surface area contributed by atoms with Gasteiger partial charge in [-0.3, -0.25) is 14.5 Å². The highest BCUT2D eigenvalue weighted by atomic mass is 16.6. The van der Waals surface area contributed by atoms with Crippen LogP contribution in [0.4, 0.5) is 5.69 Å². The molecule has 4 rings (SSSR count). The topological polar surface area (TPSA) is 153 Å². The van der Waals surface area contributed by atoms with Crippen molar-refractivity contribution >= 4 is 29.4 Å². The van der Waals surface area contributed by atoms with Crippen LogP contribution in [-0.2, 0) is 36.9 Å². The third-order valence-electron chi connectivity index (χ3n) is 7.64. The van der Waals surface area contributed by atoms with Gasteiger partial charge in [-0.2, -0.15) is 0 Å². The van der Waals surface area contributed by atoms with E-state index in [9.17, 15) is 19.2 Å². The Balaban J connectivity index is 1.45. The first-order valence-corrected chi connectivity index (χ1v) is 13.9. The Hall–Kier alpha value is -4.52. The number of nitrogens with one attached hydrogen (secondary N) is 1. The third kappa shape index (κ3) is 7.66. The molecule has 2 aliphatic heterocycles. The van der Waals surface area contributed by atoms with E-state index in [0.717, 1.165) is 11.1 Å². The SMILES string of the molecule is COc1cc(NC(=O)C(CN2CCCC(C(=O)N3CCc4cc(OC)c(OC)cc4C3)C2)OC(=O)C(=O)O)cc(OC)c1. The van der Waals surface area contributed by atoms with E-state index in [1.54, 1.807) is 32.4 Å². The molecule has 2 aliphatic rings. The number of carboxylic acid groups (broad SMARTS) is 1. The minimum absolute atomic E-state index is 0.00265. The summed E-state index contributed by atoms with van der Waals surface area (Å²) in [6.45, 7) is 1.79. The summed E-state index contributed by atoms with van der Waals surface area (Å²) in [5.41, 5.74) is 2.41. The molecule has 13 heteroatoms. The van der Waals surface area contributed by atoms with Gasteiger partial charge in [-0.05, 0) is 49.1 Å². The Morgan fingerprint density at radius 3 is 2.16 bits per heavy atom. The zero-order valence-electron chi connectivity index (χ0n) is 24.7. The van der Waals surface area contributed by atoms with Gasteiger partial charge in [0.15, 0.2) is 17.6 Å². The van der Waals surface area contributed by atoms with Crippen molar-refractivity contribution in [3.05, 3.63) is 41.5 Å². The van der Waals surface area contributed by atoms with Crippen LogP contribution in [0.2, 0.25) is 0 Å². The average molecular weight is 600 g/mol. The van der Waals surface area contributed by atoms with Crippen LogP contribution in [0.1, 0.15) is 24.0 Å². The maximum atomic E-state index is 13.6. The summed E-state index contributed by atoms with van der Waals surface area (Å²) >= 11 is 0. The van der Waals surface area contributed by atoms with E-state index in [4.69, 9.17) is 28.8 Å². The van der Waals surface area contributed by atoms with Crippen molar-refractivity contribution in [2.45, 2.75) is 31.9 Å². The zero-order valence-corrected chi connectivity index (χ0v) is 24.7. The van der Waals surface area contributed by atoms with Crippen molar-refractivity contribution in [1.29, 1.82) is 0 Å². The van der Waals surface area contributed by atoms with Crippen LogP contribution in [-0.4, -0.2) is 99.4 Å². The number of methoxy groups -OCH3 is 4. The van der Waals surface area contributed by atoms with E-state index in [1.807, 2.05) is 21.9 Å². The van der Waals surface area contributed by atoms with Gasteiger partial charge < -0.3 is 39.0 Å². The molecule has 1 fully saturated rings. The van der Waals surface area contributed by atoms with Gasteiger partial charge in [0, 0.05) is 50.1 Å². The van der Waals surface area contributed by atoms with E-state index in [-0.39, 0.29) is 18.4 Å². The standard InChI is InChI=1S/C30H37N3O10/c1-39-22-12-21(13-23(14-22)40-2)31-27(34)26(43-30(38)29(36)37)17-32-8-5-6-19(15-32)28(35)33-9-7-18-10-24(41-3)25(42-4)11-20(18)16-33/h10-14,19,26H,5-9,15-17H2,1-4H3,(H,31,34)(H,36,37). The number of anilines is 1. The van der Waals surface area contributed by atoms with Gasteiger partial charge >= 0.3 is 11.9 Å². The largest absolute Gasteiger partial charge is 0.497 e. The summed E-state index contributed by atoms with van der Waals surface area (Å²) in [4.78, 5) is 53.7. The summed E-state index contributed by atoms with van der Waals surface area (Å²) < 4.78 is 26.4. The number of carboxylic acids is 1. The van der Waals surface area contributed by atoms with Crippen molar-refractivity contribution in [1.82, 2.24) is 9.80 Å². The highest BCUT2D eigenvalue weighted by Crippen LogP contribution is 2.34. The normalized spacial score (nSPS) is 17.2. The average Bonchev–Trinajstić information content (AvgIpc) is 3.02. The number of carbonyl (C=O) groups excluding carboxylic acids is 3. The zero-order chi connectivity index (χ0) is 31.1. The van der Waals surface area contributed by atoms with Crippen molar-refractivity contribution in [2.75, 3.05) is 59.9 Å². The molecule has 0 aliphatic carbocycles. The highest BCUT2D eigenvalue weighted by Gasteiger charge is 2.35. The second-order valence-electron chi connectivity index (χ2n) is 10.4. The Morgan fingerprint density at radius 2 is 1.56 bits per heavy atom. The number of carbonyl (C=O) groups is 4. The second-order valence-corrected chi connectivity index (χ2v) is 10.4. The van der Waals surface area contributed by atoms with Crippen LogP contribution in [0, 0.1) is 5.92 Å². The molecule has 232 valence electrons. The monoisotopic (exact) mass is 599 g/mol. The van der Waals surface area contributed by atoms with Gasteiger partial charge in [-0.15, -0.1) is 0 Å². The molecule has 2 heterocycles. The first kappa shape index (κ1) is 31.4. The lowest BCUT2D eigenvalue weighted by molar-refractivity contribution is -0.169. The van der Waals surface area contributed by atoms with Crippen molar-refractivity contribution in [3.63, 3.8) is 0 Å². The number of aliphatic carboxylic acids is 1. The number of likely N-dealkylation sites (tertiary alicyclic amines) is 1. The summed E-state index contributed by atoms with van der Waals surface area (Å²) in [6.07, 6.45) is 0.583. The Labute approximate surface area is 249 Å². The number of ether oxygens (including phenoxy) is 5. The number of esters is 1. The molecule has 0 radical (unpaired) electrons. The minimum Gasteiger partial charge on any atom is -0.497 e. The van der Waals surface area contributed by atoms with Crippen LogP contribution in [0.15, 0.2) is 30.3 Å². The molecule has 0 bridgehead atoms. The number of rotatable bonds is 10. The lowest BCUT2D eigenvalue weighted by atomic mass is 9.93. The number of piperidine rings is 1. The first-order chi connectivity index (χ1) is 20.6. The van der Waals surface area contributed by atoms with E-state index >= 15 is 0 Å². The molecule has 2 atom stereocenters. The lowest BCUT2D eigenvalue weighted by Crippen LogP contribution is -2.50. The maximum absolute atomic E-state index is 13.6. The smallest absolute Gasteiger partial charge is 0.418 e. The fourth-order valence-electron chi connectivity index (χ4n) is 5.44. The minimum atomic E-state index is -1.81. The number of nitrogens with zero attached hydrogens (tertiary/aromatic N) is 2. The van der Waals surface area contributed by atoms with Crippen molar-refractivity contribution in [3.8, 4) is 23.0 Å². The molecule has 43 heavy (non-hydrogen) atoms. The molecule has 13 nitrogen and oxygen atoms in total. The number of benzene rings is 2. The fraction of sp³-hybridized carbons (Fsp3) is 0.467. The van der Waals surface area contributed by atoms with Crippen LogP contribution >= 0.6 is 0 Å². The first-order valence-electron chi connectivity index (χ1n) is 13.9. The van der Waals surface area contributed by atoms with Gasteiger partial charge in [0.1, 0.15) is 11.5 Å². The number of hydrogen-bond acceptors (Lipinski definition) is 10. The molecule has 2 unspecified atom stereocenters. The number of hydrogen-bond donors (Lipinski definition) is 2. The molecular weight excluding hydrogens is 562 g/mol. The van der Waals surface area contributed by atoms with E-state index in [0.29, 0.717) is 74.1 Å². The molecular formula is C30H37N3O10. The molecule has 2 N–H and O–H groups in total. The molecule has 2 aromatic rings. The fourth-order valence-corrected chi connectivity index (χ4v) is 5.44. The summed E-state index contributed by atoms with van der Waals surface area (Å²) in [7, 11) is 6.08. The van der Waals surface area contributed by atoms with Crippen molar-refractivity contribution < 1.29 is 48.0 Å². The maximum Gasteiger partial charge on any atom is 0.418 e. The predicted octanol–water partition coefficient (Wildman–Crippen LogP) is 1.95. The van der Waals surface area contributed by atoms with Crippen LogP contribution in [0.25, 0.3) is 0 Å². The molecule has 2 amide bonds. The van der Waals surface area contributed by atoms with E-state index in [1.165, 1.54) is 14.2 Å². The summed E-state index contributed by atoms with van der Waals surface area (Å²) in [6, 6.07) is 8.57. The second kappa shape index (κ2) is 14.1. The predicted molar refractivity (Wildman–Crippen MR) is 154 cm³/mol. The van der Waals surface area contributed by atoms with Gasteiger partial charge in [0.2, 0.25) is 5.91 Å². The highest BCUT2D eigenvalue weighted by molar-refractivity contribution is 6.29. The van der Waals surface area contributed by atoms with Crippen LogP contribution in [0.5, 0.6) is 23.0 Å². The van der Waals surface area contributed by atoms with E-state index < -0.39 is 23.9 Å². The molecule has 0 aromatic heterocycles. The Morgan fingerprint density at radius 1 is 0.907 bits per heavy atom. The van der Waals surface area contributed by atoms with Crippen molar-refractivity contribution in [2.24, 2.45) is 5.92 Å². The summed E-state index contributed by atoms with van der Waals surface area (Å²) in [5.74, 6) is -2.33. The van der Waals surface area contributed by atoms with Gasteiger partial charge in [0.25, 0.3) is 5.91 Å². The summed E-state index contributed by atoms with van der Waals surface area (Å²) in [5, 5.41) is 11.8. The van der Waals surface area contributed by atoms with Gasteiger partial charge in [-0.1, -0.05) is 0 Å². The molecule has 0 spiro atoms. The number of amides is 2. The molecule has 0 saturated carbocycles. The molecule has 2 aromatic carbocycles. The Bertz CT molecular complexity index is 1340. The lowest BCUT2D eigenvalue weighted by Gasteiger charge is -2.37. The molecule has 1 saturated heterocycles. The Kier molecular flexibility index (Phi) is 10.3. The van der Waals surface area contributed by atoms with Crippen LogP contribution < -0.4 is 24.3 Å². The van der Waals surface area contributed by atoms with Gasteiger partial charge in [0.05, 0.1) is 34.4 Å². The number of fused-ring (bicyclic) bond motifs is 1. The van der Waals surface area contributed by atoms with Crippen LogP contribution in [0.3, 0.4) is 0 Å².